The smallest absolute Gasteiger partial charge is 0.322 e. The molecule has 6 heterocycles. The fraction of sp³-hybridized carbons (Fsp3) is 0.633. The Kier molecular flexibility index (Phi) is 11.1. The third kappa shape index (κ3) is 6.01. The van der Waals surface area contributed by atoms with Crippen molar-refractivity contribution in [2.24, 2.45) is 17.1 Å². The number of carbonyl (C=O) groups is 2. The molecule has 1 spiro atoms. The van der Waals surface area contributed by atoms with Gasteiger partial charge in [0.1, 0.15) is 17.3 Å². The Labute approximate surface area is 366 Å². The minimum absolute atomic E-state index is 0.0798. The van der Waals surface area contributed by atoms with Gasteiger partial charge in [-0.15, -0.1) is 0 Å². The number of fused-ring (bicyclic) bond motifs is 6. The van der Waals surface area contributed by atoms with Crippen LogP contribution in [-0.2, 0) is 31.6 Å². The zero-order valence-corrected chi connectivity index (χ0v) is 37.3. The lowest BCUT2D eigenvalue weighted by Gasteiger charge is -2.63. The summed E-state index contributed by atoms with van der Waals surface area (Å²) in [6.45, 7) is 8.49. The second-order valence-electron chi connectivity index (χ2n) is 19.6. The number of carbonyl (C=O) groups excluding carboxylic acids is 2. The summed E-state index contributed by atoms with van der Waals surface area (Å²) >= 11 is 0. The number of hydrogen-bond acceptors (Lipinski definition) is 11. The molecule has 1 aliphatic carbocycles. The first-order valence-electron chi connectivity index (χ1n) is 23.2. The summed E-state index contributed by atoms with van der Waals surface area (Å²) in [7, 11) is 5.00. The molecule has 1 saturated carbocycles. The predicted molar refractivity (Wildman–Crippen MR) is 239 cm³/mol. The van der Waals surface area contributed by atoms with E-state index in [1.807, 2.05) is 44.0 Å². The van der Waals surface area contributed by atoms with Crippen LogP contribution in [0.3, 0.4) is 0 Å². The van der Waals surface area contributed by atoms with Gasteiger partial charge in [-0.2, -0.15) is 0 Å². The van der Waals surface area contributed by atoms with Crippen molar-refractivity contribution in [3.63, 3.8) is 0 Å². The van der Waals surface area contributed by atoms with E-state index in [-0.39, 0.29) is 12.0 Å². The molecule has 2 saturated heterocycles. The molecule has 3 fully saturated rings. The molecule has 7 N–H and O–H groups in total. The number of nitrogens with zero attached hydrogens (tertiary/aromatic N) is 3. The SMILES string of the molecule is CCC1(O)CC2CN(CCc3c([nH]c4ccccc34)C(C(=O)OC)(c3cc4c(cc3OC)N(C)C3C(O)(C(=O)NCCCCCCN)C(O)C5(CC)C=CCN6CCC43C65)C2)C1. The second-order valence-corrected chi connectivity index (χ2v) is 19.6. The van der Waals surface area contributed by atoms with Gasteiger partial charge in [-0.1, -0.05) is 57.0 Å². The minimum atomic E-state index is -2.21. The molecule has 1 aromatic heterocycles. The Morgan fingerprint density at radius 2 is 1.79 bits per heavy atom. The van der Waals surface area contributed by atoms with Crippen molar-refractivity contribution in [2.45, 2.75) is 118 Å². The molecular weight excluding hydrogens is 785 g/mol. The normalized spacial score (nSPS) is 35.9. The number of ether oxygens (including phenoxy) is 2. The lowest BCUT2D eigenvalue weighted by atomic mass is 9.47. The molecule has 10 atom stereocenters. The first-order chi connectivity index (χ1) is 29.8. The number of nitrogens with one attached hydrogen (secondary N) is 2. The second kappa shape index (κ2) is 15.9. The van der Waals surface area contributed by atoms with Crippen molar-refractivity contribution >= 4 is 28.5 Å². The molecule has 6 aliphatic rings. The van der Waals surface area contributed by atoms with E-state index in [1.54, 1.807) is 7.11 Å². The van der Waals surface area contributed by atoms with Crippen LogP contribution in [0.1, 0.15) is 94.0 Å². The van der Waals surface area contributed by atoms with Crippen LogP contribution in [0.15, 0.2) is 48.6 Å². The van der Waals surface area contributed by atoms with Crippen LogP contribution in [0, 0.1) is 11.3 Å². The number of aliphatic hydroxyl groups is 3. The van der Waals surface area contributed by atoms with Gasteiger partial charge in [0.15, 0.2) is 5.60 Å². The van der Waals surface area contributed by atoms with Crippen LogP contribution < -0.4 is 20.7 Å². The van der Waals surface area contributed by atoms with E-state index in [1.165, 1.54) is 7.11 Å². The van der Waals surface area contributed by atoms with Gasteiger partial charge in [-0.05, 0) is 93.6 Å². The maximum Gasteiger partial charge on any atom is 0.322 e. The number of nitrogens with two attached hydrogens (primary N) is 1. The van der Waals surface area contributed by atoms with Gasteiger partial charge >= 0.3 is 5.97 Å². The molecule has 13 nitrogen and oxygen atoms in total. The number of benzene rings is 2. The lowest BCUT2D eigenvalue weighted by molar-refractivity contribution is -0.203. The summed E-state index contributed by atoms with van der Waals surface area (Å²) in [5, 5.41) is 42.3. The van der Waals surface area contributed by atoms with Crippen LogP contribution >= 0.6 is 0 Å². The highest BCUT2D eigenvalue weighted by molar-refractivity contribution is 5.95. The number of amides is 1. The van der Waals surface area contributed by atoms with Crippen molar-refractivity contribution in [2.75, 3.05) is 72.0 Å². The quantitative estimate of drug-likeness (QED) is 0.0887. The Morgan fingerprint density at radius 3 is 2.53 bits per heavy atom. The average Bonchev–Trinajstić information content (AvgIpc) is 3.94. The minimum Gasteiger partial charge on any atom is -0.496 e. The number of unbranched alkanes of at least 4 members (excludes halogenated alkanes) is 3. The van der Waals surface area contributed by atoms with Crippen LogP contribution in [0.2, 0.25) is 0 Å². The fourth-order valence-electron chi connectivity index (χ4n) is 14.0. The Bertz CT molecular complexity index is 2250. The van der Waals surface area contributed by atoms with E-state index >= 15 is 4.79 Å². The van der Waals surface area contributed by atoms with E-state index in [0.29, 0.717) is 82.6 Å². The molecule has 5 aliphatic heterocycles. The van der Waals surface area contributed by atoms with Crippen LogP contribution in [0.5, 0.6) is 5.75 Å². The molecule has 10 unspecified atom stereocenters. The van der Waals surface area contributed by atoms with Gasteiger partial charge < -0.3 is 45.7 Å². The van der Waals surface area contributed by atoms with Gasteiger partial charge in [-0.25, -0.2) is 0 Å². The number of anilines is 1. The zero-order chi connectivity index (χ0) is 43.8. The number of methoxy groups -OCH3 is 2. The number of piperidine rings is 1. The van der Waals surface area contributed by atoms with E-state index in [4.69, 9.17) is 15.2 Å². The van der Waals surface area contributed by atoms with E-state index in [9.17, 15) is 20.1 Å². The monoisotopic (exact) mass is 853 g/mol. The summed E-state index contributed by atoms with van der Waals surface area (Å²) in [4.78, 5) is 40.8. The van der Waals surface area contributed by atoms with Crippen molar-refractivity contribution in [1.29, 1.82) is 0 Å². The molecule has 2 bridgehead atoms. The molecule has 13 heteroatoms. The molecule has 9 rings (SSSR count). The topological polar surface area (TPSA) is 177 Å². The molecular formula is C49H68N6O7. The summed E-state index contributed by atoms with van der Waals surface area (Å²) < 4.78 is 12.4. The molecule has 0 radical (unpaired) electrons. The molecule has 2 aromatic carbocycles. The summed E-state index contributed by atoms with van der Waals surface area (Å²) in [5.41, 5.74) is 4.53. The number of H-pyrrole nitrogens is 1. The van der Waals surface area contributed by atoms with Gasteiger partial charge in [0.05, 0.1) is 25.9 Å². The number of aromatic amines is 1. The van der Waals surface area contributed by atoms with Crippen LogP contribution in [-0.4, -0.2) is 138 Å². The maximum absolute atomic E-state index is 15.4. The van der Waals surface area contributed by atoms with Gasteiger partial charge in [0.25, 0.3) is 5.91 Å². The lowest BCUT2D eigenvalue weighted by Crippen LogP contribution is -2.81. The van der Waals surface area contributed by atoms with Crippen molar-refractivity contribution in [3.05, 3.63) is 70.9 Å². The van der Waals surface area contributed by atoms with E-state index in [2.05, 4.69) is 50.5 Å². The number of hydrogen-bond donors (Lipinski definition) is 6. The maximum atomic E-state index is 15.4. The fourth-order valence-corrected chi connectivity index (χ4v) is 14.0. The average molecular weight is 853 g/mol. The van der Waals surface area contributed by atoms with E-state index < -0.39 is 51.5 Å². The summed E-state index contributed by atoms with van der Waals surface area (Å²) in [5.74, 6) is -0.576. The molecule has 336 valence electrons. The van der Waals surface area contributed by atoms with Crippen molar-refractivity contribution < 1.29 is 34.4 Å². The highest BCUT2D eigenvalue weighted by Crippen LogP contribution is 2.67. The third-order valence-electron chi connectivity index (χ3n) is 16.6. The van der Waals surface area contributed by atoms with Crippen molar-refractivity contribution in [1.82, 2.24) is 20.1 Å². The standard InChI is InChI=1S/C49H68N6O7/c1-6-45(59)27-31-28-48(44(58)62-5,39-33(17-23-54(29-31)30-45)32-15-10-11-16-36(32)52-39)35-25-34-37(26-38(35)61-4)53(3)41-47(34)19-24-55-22-14-18-46(7-2,40(47)55)42(56)49(41,60)43(57)51-21-13-9-8-12-20-50/h10-11,14-16,18,25-26,31,40-42,52,56,59-60H,6-9,12-13,17,19-24,27-30,50H2,1-5H3,(H,51,57). The number of para-hydroxylation sites is 1. The highest BCUT2D eigenvalue weighted by atomic mass is 16.5. The molecule has 3 aromatic rings. The Hall–Kier alpha value is -3.98. The first kappa shape index (κ1) is 43.3. The molecule has 1 amide bonds. The van der Waals surface area contributed by atoms with Gasteiger partial charge in [-0.3, -0.25) is 19.4 Å². The van der Waals surface area contributed by atoms with Crippen molar-refractivity contribution in [3.8, 4) is 5.75 Å². The van der Waals surface area contributed by atoms with Gasteiger partial charge in [0, 0.05) is 90.6 Å². The number of esters is 1. The summed E-state index contributed by atoms with van der Waals surface area (Å²) in [6, 6.07) is 11.2. The van der Waals surface area contributed by atoms with Crippen LogP contribution in [0.4, 0.5) is 5.69 Å². The third-order valence-corrected chi connectivity index (χ3v) is 16.6. The predicted octanol–water partition coefficient (Wildman–Crippen LogP) is 3.88. The number of likely N-dealkylation sites (N-methyl/N-ethyl adjacent to an activating group) is 1. The first-order valence-corrected chi connectivity index (χ1v) is 23.2. The Morgan fingerprint density at radius 1 is 1.00 bits per heavy atom. The zero-order valence-electron chi connectivity index (χ0n) is 37.3. The number of aliphatic hydroxyl groups excluding tert-OH is 1. The largest absolute Gasteiger partial charge is 0.496 e. The number of rotatable bonds is 12. The van der Waals surface area contributed by atoms with E-state index in [0.717, 1.165) is 72.2 Å². The highest BCUT2D eigenvalue weighted by Gasteiger charge is 2.78. The molecule has 62 heavy (non-hydrogen) atoms. The van der Waals surface area contributed by atoms with Gasteiger partial charge in [0.2, 0.25) is 0 Å². The summed E-state index contributed by atoms with van der Waals surface area (Å²) in [6.07, 6.45) is 9.52. The number of aromatic nitrogens is 1. The van der Waals surface area contributed by atoms with Crippen LogP contribution in [0.25, 0.3) is 10.9 Å². The Balaban J connectivity index is 1.28.